The largest absolute Gasteiger partial charge is 0.464 e. The highest BCUT2D eigenvalue weighted by Crippen LogP contribution is 2.38. The highest BCUT2D eigenvalue weighted by atomic mass is 79.9. The van der Waals surface area contributed by atoms with Crippen LogP contribution in [0.4, 0.5) is 0 Å². The van der Waals surface area contributed by atoms with Gasteiger partial charge < -0.3 is 13.3 Å². The van der Waals surface area contributed by atoms with Crippen LogP contribution in [0.2, 0.25) is 0 Å². The van der Waals surface area contributed by atoms with Gasteiger partial charge in [-0.2, -0.15) is 0 Å². The summed E-state index contributed by atoms with van der Waals surface area (Å²) in [6.07, 6.45) is 1.61. The molecule has 2 aromatic carbocycles. The molecule has 0 fully saturated rings. The number of benzene rings is 2. The molecule has 0 atom stereocenters. The first-order valence-corrected chi connectivity index (χ1v) is 9.45. The third-order valence-electron chi connectivity index (χ3n) is 4.51. The fourth-order valence-electron chi connectivity index (χ4n) is 3.21. The lowest BCUT2D eigenvalue weighted by molar-refractivity contribution is 0.550. The van der Waals surface area contributed by atoms with Gasteiger partial charge in [-0.05, 0) is 42.5 Å². The van der Waals surface area contributed by atoms with Crippen molar-refractivity contribution in [3.05, 3.63) is 94.0 Å². The van der Waals surface area contributed by atoms with Gasteiger partial charge in [0, 0.05) is 15.4 Å². The summed E-state index contributed by atoms with van der Waals surface area (Å²) in [4.78, 5) is 12.6. The molecule has 0 aliphatic rings. The number of hydrogen-bond acceptors (Lipinski definition) is 4. The quantitative estimate of drug-likeness (QED) is 0.296. The van der Waals surface area contributed by atoms with Gasteiger partial charge in [0.15, 0.2) is 0 Å². The maximum Gasteiger partial charge on any atom is 0.347 e. The molecule has 5 heteroatoms. The third kappa shape index (κ3) is 2.90. The highest BCUT2D eigenvalue weighted by Gasteiger charge is 2.20. The van der Waals surface area contributed by atoms with Crippen molar-refractivity contribution in [2.45, 2.75) is 0 Å². The lowest BCUT2D eigenvalue weighted by atomic mass is 10.1. The normalized spacial score (nSPS) is 11.2. The van der Waals surface area contributed by atoms with Crippen LogP contribution < -0.4 is 5.63 Å². The smallest absolute Gasteiger partial charge is 0.347 e. The van der Waals surface area contributed by atoms with Crippen LogP contribution in [0.15, 0.2) is 102 Å². The predicted molar refractivity (Wildman–Crippen MR) is 111 cm³/mol. The van der Waals surface area contributed by atoms with Crippen molar-refractivity contribution in [1.82, 2.24) is 0 Å². The summed E-state index contributed by atoms with van der Waals surface area (Å²) >= 11 is 3.45. The minimum Gasteiger partial charge on any atom is -0.464 e. The second-order valence-corrected chi connectivity index (χ2v) is 7.24. The summed E-state index contributed by atoms with van der Waals surface area (Å²) < 4.78 is 18.1. The number of hydrogen-bond donors (Lipinski definition) is 0. The zero-order valence-electron chi connectivity index (χ0n) is 14.5. The number of fused-ring (bicyclic) bond motifs is 1. The molecule has 0 saturated carbocycles. The minimum atomic E-state index is -0.450. The Hall–Kier alpha value is -3.31. The lowest BCUT2D eigenvalue weighted by Crippen LogP contribution is -2.01. The topological polar surface area (TPSA) is 56.5 Å². The Balaban J connectivity index is 1.74. The molecule has 0 N–H and O–H groups in total. The summed E-state index contributed by atoms with van der Waals surface area (Å²) in [5, 5.41) is 0.807. The Bertz CT molecular complexity index is 1330. The maximum atomic E-state index is 12.6. The van der Waals surface area contributed by atoms with E-state index in [1.54, 1.807) is 18.4 Å². The van der Waals surface area contributed by atoms with Gasteiger partial charge in [-0.3, -0.25) is 0 Å². The molecule has 136 valence electrons. The van der Waals surface area contributed by atoms with Gasteiger partial charge in [-0.15, -0.1) is 0 Å². The van der Waals surface area contributed by atoms with Crippen LogP contribution in [0.1, 0.15) is 0 Å². The molecule has 4 nitrogen and oxygen atoms in total. The molecule has 3 heterocycles. The maximum absolute atomic E-state index is 12.6. The van der Waals surface area contributed by atoms with Crippen molar-refractivity contribution in [2.75, 3.05) is 0 Å². The van der Waals surface area contributed by atoms with Crippen LogP contribution in [0.5, 0.6) is 0 Å². The first-order valence-electron chi connectivity index (χ1n) is 8.66. The van der Waals surface area contributed by atoms with E-state index in [-0.39, 0.29) is 0 Å². The standard InChI is InChI=1S/C23H13BrO4/c24-16-8-9-19-15(11-16)12-18(23(25)28-19)21-13-17(20-7-4-10-26-20)22(27-21)14-5-2-1-3-6-14/h1-13H. The summed E-state index contributed by atoms with van der Waals surface area (Å²) in [5.41, 5.74) is 2.11. The summed E-state index contributed by atoms with van der Waals surface area (Å²) in [6, 6.07) is 22.5. The third-order valence-corrected chi connectivity index (χ3v) is 5.01. The van der Waals surface area contributed by atoms with Crippen molar-refractivity contribution in [1.29, 1.82) is 0 Å². The van der Waals surface area contributed by atoms with E-state index in [1.165, 1.54) is 0 Å². The van der Waals surface area contributed by atoms with Gasteiger partial charge >= 0.3 is 5.63 Å². The molecule has 0 radical (unpaired) electrons. The van der Waals surface area contributed by atoms with E-state index in [9.17, 15) is 4.79 Å². The van der Waals surface area contributed by atoms with Gasteiger partial charge in [-0.25, -0.2) is 4.79 Å². The van der Waals surface area contributed by atoms with Crippen molar-refractivity contribution >= 4 is 26.9 Å². The molecule has 3 aromatic heterocycles. The molecule has 5 rings (SSSR count). The van der Waals surface area contributed by atoms with E-state index >= 15 is 0 Å². The van der Waals surface area contributed by atoms with Crippen LogP contribution in [-0.4, -0.2) is 0 Å². The van der Waals surface area contributed by atoms with E-state index in [2.05, 4.69) is 15.9 Å². The number of halogens is 1. The zero-order valence-corrected chi connectivity index (χ0v) is 16.1. The molecule has 0 aliphatic carbocycles. The van der Waals surface area contributed by atoms with Crippen LogP contribution in [0.25, 0.3) is 44.9 Å². The molecule has 5 aromatic rings. The first kappa shape index (κ1) is 16.8. The van der Waals surface area contributed by atoms with Crippen LogP contribution >= 0.6 is 15.9 Å². The first-order chi connectivity index (χ1) is 13.7. The molecular weight excluding hydrogens is 420 g/mol. The molecule has 28 heavy (non-hydrogen) atoms. The molecule has 0 amide bonds. The van der Waals surface area contributed by atoms with Gasteiger partial charge in [0.25, 0.3) is 0 Å². The molecule has 0 bridgehead atoms. The Morgan fingerprint density at radius 1 is 0.750 bits per heavy atom. The van der Waals surface area contributed by atoms with Gasteiger partial charge in [0.1, 0.15) is 28.4 Å². The van der Waals surface area contributed by atoms with Crippen molar-refractivity contribution in [3.63, 3.8) is 0 Å². The van der Waals surface area contributed by atoms with Crippen molar-refractivity contribution in [3.8, 4) is 34.0 Å². The average Bonchev–Trinajstić information content (AvgIpc) is 3.38. The molecule has 0 aliphatic heterocycles. The van der Waals surface area contributed by atoms with Crippen molar-refractivity contribution in [2.24, 2.45) is 0 Å². The van der Waals surface area contributed by atoms with E-state index in [0.29, 0.717) is 28.4 Å². The predicted octanol–water partition coefficient (Wildman–Crippen LogP) is 6.74. The van der Waals surface area contributed by atoms with Gasteiger partial charge in [-0.1, -0.05) is 46.3 Å². The Morgan fingerprint density at radius 2 is 1.61 bits per heavy atom. The Morgan fingerprint density at radius 3 is 2.39 bits per heavy atom. The second-order valence-electron chi connectivity index (χ2n) is 6.33. The van der Waals surface area contributed by atoms with Crippen LogP contribution in [0, 0.1) is 0 Å². The number of rotatable bonds is 3. The van der Waals surface area contributed by atoms with E-state index in [4.69, 9.17) is 13.3 Å². The minimum absolute atomic E-state index is 0.362. The van der Waals surface area contributed by atoms with Crippen LogP contribution in [-0.2, 0) is 0 Å². The number of furan rings is 2. The van der Waals surface area contributed by atoms with E-state index < -0.39 is 5.63 Å². The fourth-order valence-corrected chi connectivity index (χ4v) is 3.59. The Labute approximate surface area is 168 Å². The monoisotopic (exact) mass is 432 g/mol. The Kier molecular flexibility index (Phi) is 4.02. The van der Waals surface area contributed by atoms with Crippen LogP contribution in [0.3, 0.4) is 0 Å². The second kappa shape index (κ2) is 6.69. The summed E-state index contributed by atoms with van der Waals surface area (Å²) in [5.74, 6) is 1.74. The molecule has 0 spiro atoms. The van der Waals surface area contributed by atoms with E-state index in [1.807, 2.05) is 60.7 Å². The highest BCUT2D eigenvalue weighted by molar-refractivity contribution is 9.10. The zero-order chi connectivity index (χ0) is 19.1. The fraction of sp³-hybridized carbons (Fsp3) is 0. The van der Waals surface area contributed by atoms with Gasteiger partial charge in [0.2, 0.25) is 0 Å². The molecular formula is C23H13BrO4. The average molecular weight is 433 g/mol. The van der Waals surface area contributed by atoms with E-state index in [0.717, 1.165) is 21.0 Å². The summed E-state index contributed by atoms with van der Waals surface area (Å²) in [7, 11) is 0. The molecule has 0 unspecified atom stereocenters. The lowest BCUT2D eigenvalue weighted by Gasteiger charge is -2.01. The molecule has 0 saturated heterocycles. The van der Waals surface area contributed by atoms with Crippen molar-refractivity contribution < 1.29 is 13.3 Å². The SMILES string of the molecule is O=c1oc2ccc(Br)cc2cc1-c1cc(-c2ccco2)c(-c2ccccc2)o1. The summed E-state index contributed by atoms with van der Waals surface area (Å²) in [6.45, 7) is 0. The van der Waals surface area contributed by atoms with Gasteiger partial charge in [0.05, 0.1) is 11.8 Å².